The van der Waals surface area contributed by atoms with Gasteiger partial charge in [0.05, 0.1) is 11.4 Å². The Balaban J connectivity index is 1.37. The van der Waals surface area contributed by atoms with Crippen molar-refractivity contribution in [3.8, 4) is 11.1 Å². The SMILES string of the molecule is Cc1ccc(-c2ccccc2C(=O)Nc2ccc(C(=O)N3CCC(=O)N(CC(=O)O)c4ccccc43)cc2)c(C)c1. The number of amides is 3. The third-order valence-corrected chi connectivity index (χ3v) is 7.09. The summed E-state index contributed by atoms with van der Waals surface area (Å²) in [6.45, 7) is 3.68. The number of nitrogens with one attached hydrogen (secondary N) is 1. The number of carboxylic acid groups (broad SMARTS) is 1. The van der Waals surface area contributed by atoms with Crippen LogP contribution >= 0.6 is 0 Å². The molecule has 8 heteroatoms. The molecule has 0 bridgehead atoms. The molecule has 0 saturated carbocycles. The predicted octanol–water partition coefficient (Wildman–Crippen LogP) is 5.69. The molecular formula is C33H29N3O5. The van der Waals surface area contributed by atoms with Crippen LogP contribution in [0.4, 0.5) is 17.1 Å². The van der Waals surface area contributed by atoms with E-state index in [0.717, 1.165) is 22.3 Å². The van der Waals surface area contributed by atoms with E-state index in [9.17, 15) is 24.3 Å². The summed E-state index contributed by atoms with van der Waals surface area (Å²) >= 11 is 0. The van der Waals surface area contributed by atoms with E-state index in [1.165, 1.54) is 9.80 Å². The number of carbonyl (C=O) groups excluding carboxylic acids is 3. The van der Waals surface area contributed by atoms with E-state index in [4.69, 9.17) is 0 Å². The highest BCUT2D eigenvalue weighted by molar-refractivity contribution is 6.12. The van der Waals surface area contributed by atoms with Gasteiger partial charge in [0.25, 0.3) is 11.8 Å². The van der Waals surface area contributed by atoms with Gasteiger partial charge in [-0.05, 0) is 73.0 Å². The highest BCUT2D eigenvalue weighted by atomic mass is 16.4. The lowest BCUT2D eigenvalue weighted by atomic mass is 9.94. The number of anilines is 3. The number of carbonyl (C=O) groups is 4. The lowest BCUT2D eigenvalue weighted by molar-refractivity contribution is -0.136. The molecule has 4 aromatic rings. The van der Waals surface area contributed by atoms with Gasteiger partial charge in [0, 0.05) is 29.8 Å². The molecule has 206 valence electrons. The zero-order valence-corrected chi connectivity index (χ0v) is 22.8. The fourth-order valence-electron chi connectivity index (χ4n) is 5.12. The van der Waals surface area contributed by atoms with Gasteiger partial charge < -0.3 is 15.3 Å². The Morgan fingerprint density at radius 1 is 0.829 bits per heavy atom. The number of carboxylic acids is 1. The van der Waals surface area contributed by atoms with Gasteiger partial charge in [-0.1, -0.05) is 54.1 Å². The van der Waals surface area contributed by atoms with Crippen LogP contribution in [0.3, 0.4) is 0 Å². The van der Waals surface area contributed by atoms with Crippen molar-refractivity contribution >= 4 is 40.8 Å². The highest BCUT2D eigenvalue weighted by Crippen LogP contribution is 2.34. The third-order valence-electron chi connectivity index (χ3n) is 7.09. The molecule has 8 nitrogen and oxygen atoms in total. The van der Waals surface area contributed by atoms with E-state index in [2.05, 4.69) is 11.4 Å². The molecule has 2 N–H and O–H groups in total. The Hall–Kier alpha value is -5.24. The van der Waals surface area contributed by atoms with Crippen LogP contribution in [0.5, 0.6) is 0 Å². The van der Waals surface area contributed by atoms with Gasteiger partial charge in [-0.2, -0.15) is 0 Å². The average Bonchev–Trinajstić information content (AvgIpc) is 3.09. The summed E-state index contributed by atoms with van der Waals surface area (Å²) in [5, 5.41) is 12.2. The first-order valence-electron chi connectivity index (χ1n) is 13.2. The maximum Gasteiger partial charge on any atom is 0.323 e. The van der Waals surface area contributed by atoms with E-state index in [1.807, 2.05) is 44.2 Å². The van der Waals surface area contributed by atoms with Crippen molar-refractivity contribution in [2.75, 3.05) is 28.2 Å². The molecule has 0 aliphatic carbocycles. The Morgan fingerprint density at radius 2 is 1.51 bits per heavy atom. The van der Waals surface area contributed by atoms with E-state index in [-0.39, 0.29) is 30.7 Å². The number of benzene rings is 4. The van der Waals surface area contributed by atoms with Gasteiger partial charge in [0.15, 0.2) is 0 Å². The molecule has 0 saturated heterocycles. The predicted molar refractivity (Wildman–Crippen MR) is 158 cm³/mol. The Labute approximate surface area is 237 Å². The summed E-state index contributed by atoms with van der Waals surface area (Å²) in [5.74, 6) is -2.10. The quantitative estimate of drug-likeness (QED) is 0.323. The first-order chi connectivity index (χ1) is 19.7. The Morgan fingerprint density at radius 3 is 2.22 bits per heavy atom. The van der Waals surface area contributed by atoms with Gasteiger partial charge in [-0.25, -0.2) is 0 Å². The van der Waals surface area contributed by atoms with Gasteiger partial charge in [-0.15, -0.1) is 0 Å². The lowest BCUT2D eigenvalue weighted by Crippen LogP contribution is -2.35. The Bertz CT molecular complexity index is 1660. The fraction of sp³-hybridized carbons (Fsp3) is 0.152. The molecule has 0 fully saturated rings. The summed E-state index contributed by atoms with van der Waals surface area (Å²) in [5.41, 5.74) is 6.32. The van der Waals surface area contributed by atoms with Crippen LogP contribution in [0, 0.1) is 13.8 Å². The molecule has 3 amide bonds. The van der Waals surface area contributed by atoms with Crippen molar-refractivity contribution in [1.29, 1.82) is 0 Å². The molecule has 0 spiro atoms. The van der Waals surface area contributed by atoms with E-state index < -0.39 is 12.5 Å². The van der Waals surface area contributed by atoms with Gasteiger partial charge in [0.2, 0.25) is 5.91 Å². The van der Waals surface area contributed by atoms with Crippen LogP contribution in [0.2, 0.25) is 0 Å². The number of aryl methyl sites for hydroxylation is 2. The summed E-state index contributed by atoms with van der Waals surface area (Å²) in [7, 11) is 0. The molecule has 1 aliphatic rings. The molecule has 0 radical (unpaired) electrons. The second kappa shape index (κ2) is 11.5. The first kappa shape index (κ1) is 27.3. The zero-order valence-electron chi connectivity index (χ0n) is 22.8. The van der Waals surface area contributed by atoms with Crippen molar-refractivity contribution in [3.05, 3.63) is 113 Å². The standard InChI is InChI=1S/C33H29N3O5/c1-21-11-16-25(22(2)19-21)26-7-3-4-8-27(26)32(40)34-24-14-12-23(13-15-24)33(41)35-18-17-30(37)36(20-31(38)39)29-10-6-5-9-28(29)35/h3-16,19H,17-18,20H2,1-2H3,(H,34,40)(H,38,39). The molecule has 4 aromatic carbocycles. The van der Waals surface area contributed by atoms with Crippen molar-refractivity contribution < 1.29 is 24.3 Å². The van der Waals surface area contributed by atoms with Crippen LogP contribution in [0.25, 0.3) is 11.1 Å². The molecule has 5 rings (SSSR count). The number of hydrogen-bond acceptors (Lipinski definition) is 4. The van der Waals surface area contributed by atoms with Crippen LogP contribution in [0.1, 0.15) is 38.3 Å². The summed E-state index contributed by atoms with van der Waals surface area (Å²) in [6.07, 6.45) is -0.0122. The summed E-state index contributed by atoms with van der Waals surface area (Å²) < 4.78 is 0. The maximum absolute atomic E-state index is 13.6. The van der Waals surface area contributed by atoms with Crippen molar-refractivity contribution in [2.24, 2.45) is 0 Å². The van der Waals surface area contributed by atoms with Crippen molar-refractivity contribution in [2.45, 2.75) is 20.3 Å². The van der Waals surface area contributed by atoms with Crippen molar-refractivity contribution in [1.82, 2.24) is 0 Å². The van der Waals surface area contributed by atoms with Crippen LogP contribution in [-0.2, 0) is 9.59 Å². The second-order valence-electron chi connectivity index (χ2n) is 9.96. The topological polar surface area (TPSA) is 107 Å². The number of hydrogen-bond donors (Lipinski definition) is 2. The molecule has 0 atom stereocenters. The first-order valence-corrected chi connectivity index (χ1v) is 13.2. The molecule has 0 unspecified atom stereocenters. The van der Waals surface area contributed by atoms with E-state index in [0.29, 0.717) is 28.2 Å². The second-order valence-corrected chi connectivity index (χ2v) is 9.96. The number of nitrogens with zero attached hydrogens (tertiary/aromatic N) is 2. The minimum Gasteiger partial charge on any atom is -0.480 e. The number of rotatable bonds is 6. The molecular weight excluding hydrogens is 518 g/mol. The summed E-state index contributed by atoms with van der Waals surface area (Å²) in [4.78, 5) is 53.6. The maximum atomic E-state index is 13.6. The van der Waals surface area contributed by atoms with Gasteiger partial charge in [0.1, 0.15) is 6.54 Å². The fourth-order valence-corrected chi connectivity index (χ4v) is 5.12. The molecule has 0 aromatic heterocycles. The van der Waals surface area contributed by atoms with Crippen LogP contribution < -0.4 is 15.1 Å². The molecule has 1 aliphatic heterocycles. The number of aliphatic carboxylic acids is 1. The van der Waals surface area contributed by atoms with E-state index in [1.54, 1.807) is 54.6 Å². The molecule has 1 heterocycles. The van der Waals surface area contributed by atoms with Gasteiger partial charge >= 0.3 is 5.97 Å². The largest absolute Gasteiger partial charge is 0.480 e. The van der Waals surface area contributed by atoms with Crippen molar-refractivity contribution in [3.63, 3.8) is 0 Å². The number of para-hydroxylation sites is 2. The lowest BCUT2D eigenvalue weighted by Gasteiger charge is -2.24. The average molecular weight is 548 g/mol. The zero-order chi connectivity index (χ0) is 29.1. The van der Waals surface area contributed by atoms with Gasteiger partial charge in [-0.3, -0.25) is 24.1 Å². The third kappa shape index (κ3) is 5.72. The number of fused-ring (bicyclic) bond motifs is 1. The Kier molecular flexibility index (Phi) is 7.65. The summed E-state index contributed by atoms with van der Waals surface area (Å²) in [6, 6.07) is 26.9. The highest BCUT2D eigenvalue weighted by Gasteiger charge is 2.30. The van der Waals surface area contributed by atoms with Crippen LogP contribution in [-0.4, -0.2) is 41.9 Å². The normalized spacial score (nSPS) is 12.9. The monoisotopic (exact) mass is 547 g/mol. The molecule has 41 heavy (non-hydrogen) atoms. The van der Waals surface area contributed by atoms with E-state index >= 15 is 0 Å². The minimum absolute atomic E-state index is 0.0122. The smallest absolute Gasteiger partial charge is 0.323 e. The minimum atomic E-state index is -1.14. The van der Waals surface area contributed by atoms with Crippen LogP contribution in [0.15, 0.2) is 91.0 Å².